The molecule has 0 atom stereocenters. The Balaban J connectivity index is 2.01. The van der Waals surface area contributed by atoms with E-state index in [9.17, 15) is 5.26 Å². The smallest absolute Gasteiger partial charge is 0.232 e. The molecule has 2 aromatic rings. The summed E-state index contributed by atoms with van der Waals surface area (Å²) in [4.78, 5) is 6.73. The number of hydrogen-bond acceptors (Lipinski definition) is 6. The van der Waals surface area contributed by atoms with Crippen LogP contribution in [0.15, 0.2) is 22.8 Å². The van der Waals surface area contributed by atoms with Crippen LogP contribution in [0, 0.1) is 11.3 Å². The molecule has 138 valence electrons. The molecule has 2 aromatic heterocycles. The van der Waals surface area contributed by atoms with Gasteiger partial charge in [0.15, 0.2) is 5.76 Å². The first-order chi connectivity index (χ1) is 12.4. The molecule has 3 rings (SSSR count). The topological polar surface area (TPSA) is 71.5 Å². The largest absolute Gasteiger partial charge is 0.477 e. The summed E-state index contributed by atoms with van der Waals surface area (Å²) in [6.07, 6.45) is 3.11. The summed E-state index contributed by atoms with van der Waals surface area (Å²) < 4.78 is 17.4. The highest BCUT2D eigenvalue weighted by molar-refractivity contribution is 5.65. The number of pyridine rings is 1. The van der Waals surface area contributed by atoms with Gasteiger partial charge in [-0.1, -0.05) is 0 Å². The zero-order chi connectivity index (χ0) is 18.7. The maximum absolute atomic E-state index is 9.77. The Kier molecular flexibility index (Phi) is 5.30. The maximum atomic E-state index is 9.77. The molecule has 6 heteroatoms. The van der Waals surface area contributed by atoms with Gasteiger partial charge in [-0.15, -0.1) is 0 Å². The third kappa shape index (κ3) is 3.90. The molecular weight excluding hydrogens is 330 g/mol. The van der Waals surface area contributed by atoms with Gasteiger partial charge in [-0.25, -0.2) is 4.98 Å². The lowest BCUT2D eigenvalue weighted by atomic mass is 9.88. The van der Waals surface area contributed by atoms with Gasteiger partial charge in [0.2, 0.25) is 5.88 Å². The van der Waals surface area contributed by atoms with Crippen molar-refractivity contribution in [3.8, 4) is 23.4 Å². The second kappa shape index (κ2) is 7.48. The maximum Gasteiger partial charge on any atom is 0.232 e. The minimum Gasteiger partial charge on any atom is -0.477 e. The second-order valence-electron chi connectivity index (χ2n) is 7.42. The summed E-state index contributed by atoms with van der Waals surface area (Å²) in [5, 5.41) is 9.77. The van der Waals surface area contributed by atoms with Gasteiger partial charge in [0.25, 0.3) is 0 Å². The molecule has 3 heterocycles. The molecule has 0 radical (unpaired) electrons. The quantitative estimate of drug-likeness (QED) is 0.740. The highest BCUT2D eigenvalue weighted by atomic mass is 16.5. The predicted octanol–water partition coefficient (Wildman–Crippen LogP) is 3.40. The van der Waals surface area contributed by atoms with Crippen molar-refractivity contribution in [1.82, 2.24) is 9.88 Å². The number of ether oxygens (including phenoxy) is 2. The molecule has 0 saturated heterocycles. The molecular formula is C20H25N3O3. The monoisotopic (exact) mass is 355 g/mol. The van der Waals surface area contributed by atoms with Crippen molar-refractivity contribution in [2.45, 2.75) is 38.9 Å². The van der Waals surface area contributed by atoms with Crippen LogP contribution in [0.2, 0.25) is 0 Å². The Bertz CT molecular complexity index is 805. The Morgan fingerprint density at radius 1 is 1.35 bits per heavy atom. The molecule has 0 fully saturated rings. The molecule has 0 saturated carbocycles. The van der Waals surface area contributed by atoms with Crippen molar-refractivity contribution >= 4 is 0 Å². The average molecular weight is 355 g/mol. The van der Waals surface area contributed by atoms with E-state index in [1.807, 2.05) is 40.1 Å². The lowest BCUT2D eigenvalue weighted by Gasteiger charge is -2.33. The third-order valence-electron chi connectivity index (χ3n) is 4.44. The number of nitrogens with zero attached hydrogens (tertiary/aromatic N) is 3. The van der Waals surface area contributed by atoms with Gasteiger partial charge >= 0.3 is 0 Å². The van der Waals surface area contributed by atoms with E-state index < -0.39 is 0 Å². The van der Waals surface area contributed by atoms with E-state index in [0.29, 0.717) is 42.5 Å². The minimum absolute atomic E-state index is 0.331. The number of rotatable bonds is 6. The molecule has 0 unspecified atom stereocenters. The van der Waals surface area contributed by atoms with Crippen LogP contribution >= 0.6 is 0 Å². The predicted molar refractivity (Wildman–Crippen MR) is 97.9 cm³/mol. The van der Waals surface area contributed by atoms with Crippen molar-refractivity contribution in [3.63, 3.8) is 0 Å². The van der Waals surface area contributed by atoms with Crippen LogP contribution in [0.1, 0.15) is 37.0 Å². The van der Waals surface area contributed by atoms with E-state index in [1.54, 1.807) is 6.26 Å². The standard InChI is InChI=1S/C20H25N3O3/c1-20(2)11-14-15(12-21)19(25-10-6-8-23(3)4)22-18(16(14)13-26-20)17-7-5-9-24-17/h5,7,9H,6,8,10-11,13H2,1-4H3. The fourth-order valence-electron chi connectivity index (χ4n) is 3.13. The zero-order valence-electron chi connectivity index (χ0n) is 15.8. The van der Waals surface area contributed by atoms with Crippen molar-refractivity contribution < 1.29 is 13.9 Å². The number of furan rings is 1. The van der Waals surface area contributed by atoms with E-state index in [0.717, 1.165) is 24.1 Å². The third-order valence-corrected chi connectivity index (χ3v) is 4.44. The lowest BCUT2D eigenvalue weighted by molar-refractivity contribution is -0.0401. The van der Waals surface area contributed by atoms with Crippen LogP contribution in [0.5, 0.6) is 5.88 Å². The van der Waals surface area contributed by atoms with Crippen LogP contribution in [0.3, 0.4) is 0 Å². The Hall–Kier alpha value is -2.36. The first-order valence-corrected chi connectivity index (χ1v) is 8.82. The van der Waals surface area contributed by atoms with Gasteiger partial charge in [0, 0.05) is 18.5 Å². The van der Waals surface area contributed by atoms with E-state index in [-0.39, 0.29) is 5.60 Å². The van der Waals surface area contributed by atoms with Crippen LogP contribution < -0.4 is 4.74 Å². The summed E-state index contributed by atoms with van der Waals surface area (Å²) in [6, 6.07) is 5.99. The van der Waals surface area contributed by atoms with Gasteiger partial charge in [-0.3, -0.25) is 0 Å². The highest BCUT2D eigenvalue weighted by Crippen LogP contribution is 2.38. The number of aromatic nitrogens is 1. The van der Waals surface area contributed by atoms with Crippen molar-refractivity contribution in [1.29, 1.82) is 5.26 Å². The van der Waals surface area contributed by atoms with Gasteiger partial charge in [-0.05, 0) is 52.1 Å². The molecule has 1 aliphatic heterocycles. The van der Waals surface area contributed by atoms with E-state index in [1.165, 1.54) is 0 Å². The molecule has 0 aromatic carbocycles. The summed E-state index contributed by atoms with van der Waals surface area (Å²) >= 11 is 0. The molecule has 6 nitrogen and oxygen atoms in total. The number of hydrogen-bond donors (Lipinski definition) is 0. The van der Waals surface area contributed by atoms with Crippen molar-refractivity contribution in [2.75, 3.05) is 27.2 Å². The number of fused-ring (bicyclic) bond motifs is 1. The number of nitriles is 1. The van der Waals surface area contributed by atoms with Crippen LogP contribution in [-0.4, -0.2) is 42.7 Å². The molecule has 0 amide bonds. The molecule has 0 aliphatic carbocycles. The molecule has 0 N–H and O–H groups in total. The molecule has 0 spiro atoms. The Morgan fingerprint density at radius 3 is 2.81 bits per heavy atom. The van der Waals surface area contributed by atoms with Gasteiger partial charge in [-0.2, -0.15) is 5.26 Å². The summed E-state index contributed by atoms with van der Waals surface area (Å²) in [7, 11) is 4.05. The van der Waals surface area contributed by atoms with Crippen LogP contribution in [0.4, 0.5) is 0 Å². The first kappa shape index (κ1) is 18.4. The summed E-state index contributed by atoms with van der Waals surface area (Å²) in [5.41, 5.74) is 2.74. The van der Waals surface area contributed by atoms with Crippen LogP contribution in [0.25, 0.3) is 11.5 Å². The molecule has 0 bridgehead atoms. The fraction of sp³-hybridized carbons (Fsp3) is 0.500. The minimum atomic E-state index is -0.331. The SMILES string of the molecule is CN(C)CCCOc1nc(-c2ccco2)c2c(c1C#N)CC(C)(C)OC2. The average Bonchev–Trinajstić information content (AvgIpc) is 3.11. The zero-order valence-corrected chi connectivity index (χ0v) is 15.8. The normalized spacial score (nSPS) is 15.5. The van der Waals surface area contributed by atoms with Crippen molar-refractivity contribution in [2.24, 2.45) is 0 Å². The van der Waals surface area contributed by atoms with Crippen molar-refractivity contribution in [3.05, 3.63) is 35.1 Å². The molecule has 1 aliphatic rings. The van der Waals surface area contributed by atoms with Gasteiger partial charge in [0.1, 0.15) is 17.3 Å². The highest BCUT2D eigenvalue weighted by Gasteiger charge is 2.33. The molecule has 26 heavy (non-hydrogen) atoms. The van der Waals surface area contributed by atoms with E-state index in [4.69, 9.17) is 13.9 Å². The van der Waals surface area contributed by atoms with E-state index in [2.05, 4.69) is 16.0 Å². The first-order valence-electron chi connectivity index (χ1n) is 8.82. The summed E-state index contributed by atoms with van der Waals surface area (Å²) in [6.45, 7) is 5.89. The lowest BCUT2D eigenvalue weighted by Crippen LogP contribution is -2.33. The fourth-order valence-corrected chi connectivity index (χ4v) is 3.13. The second-order valence-corrected chi connectivity index (χ2v) is 7.42. The van der Waals surface area contributed by atoms with Crippen LogP contribution in [-0.2, 0) is 17.8 Å². The van der Waals surface area contributed by atoms with E-state index >= 15 is 0 Å². The summed E-state index contributed by atoms with van der Waals surface area (Å²) in [5.74, 6) is 1.04. The Labute approximate surface area is 154 Å². The Morgan fingerprint density at radius 2 is 2.15 bits per heavy atom. The van der Waals surface area contributed by atoms with Gasteiger partial charge in [0.05, 0.1) is 25.1 Å². The van der Waals surface area contributed by atoms with Gasteiger partial charge < -0.3 is 18.8 Å².